The molecule has 1 nitrogen and oxygen atoms in total. The Bertz CT molecular complexity index is 1350. The maximum atomic E-state index is 6.19. The molecule has 0 saturated carbocycles. The van der Waals surface area contributed by atoms with Crippen LogP contribution in [-0.4, -0.2) is 0 Å². The largest absolute Gasteiger partial charge is 0.461 e. The highest BCUT2D eigenvalue weighted by atomic mass is 16.3. The molecular weight excluding hydrogens is 364 g/mol. The Balaban J connectivity index is 1.83. The maximum Gasteiger partial charge on any atom is 0.134 e. The third-order valence-electron chi connectivity index (χ3n) is 6.75. The van der Waals surface area contributed by atoms with E-state index >= 15 is 0 Å². The monoisotopic (exact) mass is 386 g/mol. The van der Waals surface area contributed by atoms with Crippen LogP contribution in [-0.2, 0) is 5.41 Å². The smallest absolute Gasteiger partial charge is 0.134 e. The molecule has 0 radical (unpaired) electrons. The number of benzene rings is 4. The third-order valence-corrected chi connectivity index (χ3v) is 6.75. The molecule has 1 aromatic heterocycles. The molecule has 30 heavy (non-hydrogen) atoms. The van der Waals surface area contributed by atoms with Gasteiger partial charge in [0, 0.05) is 5.39 Å². The molecule has 0 saturated heterocycles. The second kappa shape index (κ2) is 6.21. The quantitative estimate of drug-likeness (QED) is 0.302. The van der Waals surface area contributed by atoms with Gasteiger partial charge in [0.25, 0.3) is 0 Å². The van der Waals surface area contributed by atoms with Crippen molar-refractivity contribution in [3.05, 3.63) is 131 Å². The zero-order valence-electron chi connectivity index (χ0n) is 17.1. The lowest BCUT2D eigenvalue weighted by atomic mass is 9.67. The maximum absolute atomic E-state index is 6.19. The van der Waals surface area contributed by atoms with Crippen molar-refractivity contribution in [3.63, 3.8) is 0 Å². The minimum absolute atomic E-state index is 0.364. The van der Waals surface area contributed by atoms with Gasteiger partial charge in [-0.05, 0) is 64.9 Å². The van der Waals surface area contributed by atoms with E-state index in [9.17, 15) is 0 Å². The van der Waals surface area contributed by atoms with Crippen molar-refractivity contribution >= 4 is 11.0 Å². The molecule has 5 aromatic rings. The van der Waals surface area contributed by atoms with Gasteiger partial charge >= 0.3 is 0 Å². The molecule has 144 valence electrons. The van der Waals surface area contributed by atoms with E-state index in [2.05, 4.69) is 111 Å². The molecule has 0 unspecified atom stereocenters. The first-order valence-corrected chi connectivity index (χ1v) is 10.5. The highest BCUT2D eigenvalue weighted by Crippen LogP contribution is 2.57. The summed E-state index contributed by atoms with van der Waals surface area (Å²) in [6, 6.07) is 35.2. The van der Waals surface area contributed by atoms with Crippen LogP contribution in [0.2, 0.25) is 0 Å². The van der Waals surface area contributed by atoms with E-state index in [-0.39, 0.29) is 5.41 Å². The van der Waals surface area contributed by atoms with Crippen molar-refractivity contribution in [2.24, 2.45) is 0 Å². The number of hydrogen-bond donors (Lipinski definition) is 0. The van der Waals surface area contributed by atoms with Crippen molar-refractivity contribution in [2.75, 3.05) is 0 Å². The molecule has 0 N–H and O–H groups in total. The van der Waals surface area contributed by atoms with Crippen LogP contribution >= 0.6 is 0 Å². The van der Waals surface area contributed by atoms with Gasteiger partial charge in [-0.2, -0.15) is 0 Å². The summed E-state index contributed by atoms with van der Waals surface area (Å²) in [7, 11) is 0. The van der Waals surface area contributed by atoms with E-state index in [1.165, 1.54) is 44.3 Å². The number of rotatable bonds is 2. The molecule has 0 aliphatic heterocycles. The minimum Gasteiger partial charge on any atom is -0.461 e. The molecule has 0 fully saturated rings. The van der Waals surface area contributed by atoms with E-state index in [1.807, 2.05) is 0 Å². The molecule has 1 aliphatic rings. The lowest BCUT2D eigenvalue weighted by Gasteiger charge is -2.33. The molecule has 1 heteroatoms. The molecular formula is C29H22O. The highest BCUT2D eigenvalue weighted by Gasteiger charge is 2.46. The average molecular weight is 386 g/mol. The van der Waals surface area contributed by atoms with Gasteiger partial charge < -0.3 is 4.42 Å². The predicted octanol–water partition coefficient (Wildman–Crippen LogP) is 7.41. The summed E-state index contributed by atoms with van der Waals surface area (Å²) in [6.07, 6.45) is 0. The summed E-state index contributed by atoms with van der Waals surface area (Å²) in [5.41, 5.74) is 9.62. The molecule has 0 amide bonds. The van der Waals surface area contributed by atoms with Crippen molar-refractivity contribution < 1.29 is 4.42 Å². The first kappa shape index (κ1) is 17.3. The second-order valence-corrected chi connectivity index (χ2v) is 8.20. The van der Waals surface area contributed by atoms with E-state index in [0.717, 1.165) is 11.3 Å². The lowest BCUT2D eigenvalue weighted by Crippen LogP contribution is -2.28. The van der Waals surface area contributed by atoms with Gasteiger partial charge in [-0.1, -0.05) is 84.9 Å². The van der Waals surface area contributed by atoms with Gasteiger partial charge in [0.15, 0.2) is 0 Å². The summed E-state index contributed by atoms with van der Waals surface area (Å²) in [5, 5.41) is 1.21. The topological polar surface area (TPSA) is 13.1 Å². The number of furan rings is 1. The van der Waals surface area contributed by atoms with Gasteiger partial charge in [-0.25, -0.2) is 0 Å². The molecule has 0 bridgehead atoms. The first-order chi connectivity index (χ1) is 14.7. The fourth-order valence-corrected chi connectivity index (χ4v) is 5.28. The Hall–Kier alpha value is -3.58. The molecule has 0 atom stereocenters. The summed E-state index contributed by atoms with van der Waals surface area (Å²) in [6.45, 7) is 4.20. The zero-order chi connectivity index (χ0) is 20.3. The summed E-state index contributed by atoms with van der Waals surface area (Å²) < 4.78 is 6.19. The van der Waals surface area contributed by atoms with E-state index in [0.29, 0.717) is 0 Å². The predicted molar refractivity (Wildman–Crippen MR) is 123 cm³/mol. The molecule has 1 aliphatic carbocycles. The Kier molecular flexibility index (Phi) is 3.58. The summed E-state index contributed by atoms with van der Waals surface area (Å²) >= 11 is 0. The minimum atomic E-state index is -0.364. The van der Waals surface area contributed by atoms with Gasteiger partial charge in [-0.3, -0.25) is 0 Å². The lowest BCUT2D eigenvalue weighted by molar-refractivity contribution is 0.574. The van der Waals surface area contributed by atoms with Crippen molar-refractivity contribution in [1.29, 1.82) is 0 Å². The molecule has 6 rings (SSSR count). The standard InChI is InChI=1S/C29H22O/c1-19-20(2)30-28-18-27-25(17-24(19)28)23-15-9-10-16-26(23)29(27,21-11-5-3-6-12-21)22-13-7-4-8-14-22/h3-18H,1-2H3. The SMILES string of the molecule is Cc1oc2cc3c(cc2c1C)-c1ccccc1C3(c1ccccc1)c1ccccc1. The molecule has 1 heterocycles. The Morgan fingerprint density at radius 3 is 1.87 bits per heavy atom. The fourth-order valence-electron chi connectivity index (χ4n) is 5.28. The van der Waals surface area contributed by atoms with Gasteiger partial charge in [0.1, 0.15) is 11.3 Å². The Morgan fingerprint density at radius 1 is 0.600 bits per heavy atom. The van der Waals surface area contributed by atoms with Crippen molar-refractivity contribution in [3.8, 4) is 11.1 Å². The first-order valence-electron chi connectivity index (χ1n) is 10.5. The average Bonchev–Trinajstić information content (AvgIpc) is 3.25. The van der Waals surface area contributed by atoms with Crippen LogP contribution in [0.25, 0.3) is 22.1 Å². The van der Waals surface area contributed by atoms with Crippen LogP contribution in [0.3, 0.4) is 0 Å². The number of hydrogen-bond acceptors (Lipinski definition) is 1. The van der Waals surface area contributed by atoms with Gasteiger partial charge in [0.05, 0.1) is 5.41 Å². The van der Waals surface area contributed by atoms with Gasteiger partial charge in [-0.15, -0.1) is 0 Å². The Morgan fingerprint density at radius 2 is 1.20 bits per heavy atom. The second-order valence-electron chi connectivity index (χ2n) is 8.20. The molecule has 4 aromatic carbocycles. The van der Waals surface area contributed by atoms with Crippen molar-refractivity contribution in [1.82, 2.24) is 0 Å². The van der Waals surface area contributed by atoms with Crippen LogP contribution in [0, 0.1) is 13.8 Å². The highest BCUT2D eigenvalue weighted by molar-refractivity contribution is 5.95. The van der Waals surface area contributed by atoms with Crippen LogP contribution in [0.4, 0.5) is 0 Å². The van der Waals surface area contributed by atoms with Crippen LogP contribution in [0.15, 0.2) is 101 Å². The van der Waals surface area contributed by atoms with E-state index in [4.69, 9.17) is 4.42 Å². The number of aryl methyl sites for hydroxylation is 2. The summed E-state index contributed by atoms with van der Waals surface area (Å²) in [4.78, 5) is 0. The third kappa shape index (κ3) is 2.12. The zero-order valence-corrected chi connectivity index (χ0v) is 17.1. The number of fused-ring (bicyclic) bond motifs is 4. The van der Waals surface area contributed by atoms with Crippen LogP contribution in [0.1, 0.15) is 33.6 Å². The van der Waals surface area contributed by atoms with Crippen LogP contribution < -0.4 is 0 Å². The fraction of sp³-hybridized carbons (Fsp3) is 0.103. The van der Waals surface area contributed by atoms with Crippen LogP contribution in [0.5, 0.6) is 0 Å². The Labute approximate surface area is 176 Å². The van der Waals surface area contributed by atoms with Crippen molar-refractivity contribution in [2.45, 2.75) is 19.3 Å². The van der Waals surface area contributed by atoms with E-state index < -0.39 is 0 Å². The molecule has 0 spiro atoms. The normalized spacial score (nSPS) is 13.9. The summed E-state index contributed by atoms with van der Waals surface area (Å²) in [5.74, 6) is 0.993. The van der Waals surface area contributed by atoms with Gasteiger partial charge in [0.2, 0.25) is 0 Å². The van der Waals surface area contributed by atoms with E-state index in [1.54, 1.807) is 0 Å².